The Morgan fingerprint density at radius 1 is 1.53 bits per heavy atom. The quantitative estimate of drug-likeness (QED) is 0.879. The summed E-state index contributed by atoms with van der Waals surface area (Å²) in [6, 6.07) is 2.04. The predicted octanol–water partition coefficient (Wildman–Crippen LogP) is 2.32. The van der Waals surface area contributed by atoms with E-state index in [0.717, 1.165) is 5.56 Å². The fourth-order valence-electron chi connectivity index (χ4n) is 1.53. The highest BCUT2D eigenvalue weighted by atomic mass is 32.1. The van der Waals surface area contributed by atoms with E-state index in [9.17, 15) is 0 Å². The summed E-state index contributed by atoms with van der Waals surface area (Å²) in [6.07, 6.45) is 0.762. The average molecular weight is 281 g/mol. The molecule has 0 aliphatic heterocycles. The molecule has 2 rings (SSSR count). The summed E-state index contributed by atoms with van der Waals surface area (Å²) in [5, 5.41) is 8.05. The van der Waals surface area contributed by atoms with E-state index in [1.54, 1.807) is 11.3 Å². The molecule has 6 heteroatoms. The molecular weight excluding hydrogens is 262 g/mol. The summed E-state index contributed by atoms with van der Waals surface area (Å²) < 4.78 is 10.8. The van der Waals surface area contributed by atoms with Gasteiger partial charge >= 0.3 is 0 Å². The van der Waals surface area contributed by atoms with E-state index in [1.807, 2.05) is 32.2 Å². The molecule has 104 valence electrons. The Labute approximate surface area is 116 Å². The standard InChI is InChI=1S/C13H19N3O2S/c1-9(2)17-8-13(3,14)12-15-11(18-16-12)6-10-4-5-19-7-10/h4-5,7,9H,6,8,14H2,1-3H3. The smallest absolute Gasteiger partial charge is 0.231 e. The van der Waals surface area contributed by atoms with Crippen molar-refractivity contribution in [3.63, 3.8) is 0 Å². The van der Waals surface area contributed by atoms with Crippen molar-refractivity contribution in [3.05, 3.63) is 34.1 Å². The van der Waals surface area contributed by atoms with Crippen LogP contribution in [0.2, 0.25) is 0 Å². The topological polar surface area (TPSA) is 74.2 Å². The van der Waals surface area contributed by atoms with Crippen LogP contribution in [0.4, 0.5) is 0 Å². The largest absolute Gasteiger partial charge is 0.376 e. The highest BCUT2D eigenvalue weighted by molar-refractivity contribution is 7.07. The summed E-state index contributed by atoms with van der Waals surface area (Å²) in [5.41, 5.74) is 6.59. The lowest BCUT2D eigenvalue weighted by Crippen LogP contribution is -2.40. The van der Waals surface area contributed by atoms with Crippen LogP contribution in [0.5, 0.6) is 0 Å². The second-order valence-corrected chi connectivity index (χ2v) is 5.88. The van der Waals surface area contributed by atoms with Gasteiger partial charge in [-0.1, -0.05) is 5.16 Å². The van der Waals surface area contributed by atoms with Crippen LogP contribution >= 0.6 is 11.3 Å². The first kappa shape index (κ1) is 14.2. The minimum absolute atomic E-state index is 0.125. The van der Waals surface area contributed by atoms with E-state index in [1.165, 1.54) is 0 Å². The van der Waals surface area contributed by atoms with Crippen molar-refractivity contribution in [1.82, 2.24) is 10.1 Å². The zero-order valence-electron chi connectivity index (χ0n) is 11.4. The lowest BCUT2D eigenvalue weighted by atomic mass is 10.1. The van der Waals surface area contributed by atoms with Crippen LogP contribution in [-0.2, 0) is 16.7 Å². The lowest BCUT2D eigenvalue weighted by Gasteiger charge is -2.21. The Hall–Kier alpha value is -1.24. The highest BCUT2D eigenvalue weighted by Gasteiger charge is 2.28. The summed E-state index contributed by atoms with van der Waals surface area (Å²) >= 11 is 1.65. The van der Waals surface area contributed by atoms with Crippen molar-refractivity contribution in [1.29, 1.82) is 0 Å². The SMILES string of the molecule is CC(C)OCC(C)(N)c1noc(Cc2ccsc2)n1. The zero-order chi connectivity index (χ0) is 13.9. The number of aromatic nitrogens is 2. The molecule has 1 atom stereocenters. The van der Waals surface area contributed by atoms with Crippen LogP contribution in [0.3, 0.4) is 0 Å². The van der Waals surface area contributed by atoms with Gasteiger partial charge in [-0.05, 0) is 43.2 Å². The van der Waals surface area contributed by atoms with Crippen molar-refractivity contribution in [2.45, 2.75) is 38.8 Å². The number of ether oxygens (including phenoxy) is 1. The maximum Gasteiger partial charge on any atom is 0.231 e. The van der Waals surface area contributed by atoms with Crippen molar-refractivity contribution < 1.29 is 9.26 Å². The van der Waals surface area contributed by atoms with Crippen molar-refractivity contribution in [3.8, 4) is 0 Å². The van der Waals surface area contributed by atoms with Crippen molar-refractivity contribution in [2.75, 3.05) is 6.61 Å². The molecule has 19 heavy (non-hydrogen) atoms. The molecule has 2 N–H and O–H groups in total. The van der Waals surface area contributed by atoms with E-state index in [-0.39, 0.29) is 6.10 Å². The minimum atomic E-state index is -0.735. The van der Waals surface area contributed by atoms with Gasteiger partial charge in [0.05, 0.1) is 19.1 Å². The molecule has 0 radical (unpaired) electrons. The van der Waals surface area contributed by atoms with E-state index < -0.39 is 5.54 Å². The number of nitrogens with two attached hydrogens (primary N) is 1. The van der Waals surface area contributed by atoms with Crippen LogP contribution in [0, 0.1) is 0 Å². The van der Waals surface area contributed by atoms with E-state index >= 15 is 0 Å². The van der Waals surface area contributed by atoms with Gasteiger partial charge in [0.25, 0.3) is 0 Å². The molecule has 0 fully saturated rings. The lowest BCUT2D eigenvalue weighted by molar-refractivity contribution is 0.0410. The first-order valence-corrected chi connectivity index (χ1v) is 7.16. The van der Waals surface area contributed by atoms with Crippen LogP contribution < -0.4 is 5.73 Å². The third kappa shape index (κ3) is 3.86. The Kier molecular flexibility index (Phi) is 4.34. The van der Waals surface area contributed by atoms with E-state index in [0.29, 0.717) is 24.7 Å². The molecule has 0 aliphatic carbocycles. The molecule has 0 spiro atoms. The van der Waals surface area contributed by atoms with Gasteiger partial charge in [0.1, 0.15) is 5.54 Å². The monoisotopic (exact) mass is 281 g/mol. The fourth-order valence-corrected chi connectivity index (χ4v) is 2.20. The third-order valence-electron chi connectivity index (χ3n) is 2.63. The molecule has 0 bridgehead atoms. The molecule has 0 saturated heterocycles. The molecule has 2 heterocycles. The van der Waals surface area contributed by atoms with Gasteiger partial charge in [-0.15, -0.1) is 0 Å². The Morgan fingerprint density at radius 3 is 2.95 bits per heavy atom. The van der Waals surface area contributed by atoms with Gasteiger partial charge in [0, 0.05) is 0 Å². The van der Waals surface area contributed by atoms with Gasteiger partial charge in [-0.2, -0.15) is 16.3 Å². The van der Waals surface area contributed by atoms with Gasteiger partial charge in [0.15, 0.2) is 5.82 Å². The Bertz CT molecular complexity index is 506. The van der Waals surface area contributed by atoms with Crippen LogP contribution in [0.1, 0.15) is 38.0 Å². The van der Waals surface area contributed by atoms with Crippen molar-refractivity contribution >= 4 is 11.3 Å². The van der Waals surface area contributed by atoms with Crippen LogP contribution in [-0.4, -0.2) is 22.9 Å². The molecule has 0 amide bonds. The van der Waals surface area contributed by atoms with Crippen molar-refractivity contribution in [2.24, 2.45) is 5.73 Å². The first-order chi connectivity index (χ1) is 8.97. The number of thiophene rings is 1. The summed E-state index contributed by atoms with van der Waals surface area (Å²) in [4.78, 5) is 4.36. The number of hydrogen-bond acceptors (Lipinski definition) is 6. The molecule has 0 saturated carbocycles. The third-order valence-corrected chi connectivity index (χ3v) is 3.36. The number of rotatable bonds is 6. The van der Waals surface area contributed by atoms with Gasteiger partial charge in [0.2, 0.25) is 5.89 Å². The van der Waals surface area contributed by atoms with E-state index in [2.05, 4.69) is 15.5 Å². The maximum absolute atomic E-state index is 6.17. The van der Waals surface area contributed by atoms with E-state index in [4.69, 9.17) is 15.0 Å². The summed E-state index contributed by atoms with van der Waals surface area (Å²) in [7, 11) is 0. The number of nitrogens with zero attached hydrogens (tertiary/aromatic N) is 2. The molecule has 1 unspecified atom stereocenters. The normalized spacial score (nSPS) is 14.8. The highest BCUT2D eigenvalue weighted by Crippen LogP contribution is 2.17. The summed E-state index contributed by atoms with van der Waals surface area (Å²) in [6.45, 7) is 6.14. The molecule has 2 aromatic rings. The molecule has 5 nitrogen and oxygen atoms in total. The second-order valence-electron chi connectivity index (χ2n) is 5.10. The molecule has 0 aromatic carbocycles. The molecular formula is C13H19N3O2S. The Balaban J connectivity index is 2.03. The Morgan fingerprint density at radius 2 is 2.32 bits per heavy atom. The zero-order valence-corrected chi connectivity index (χ0v) is 12.2. The first-order valence-electron chi connectivity index (χ1n) is 6.22. The fraction of sp³-hybridized carbons (Fsp3) is 0.538. The molecule has 0 aliphatic rings. The second kappa shape index (κ2) is 5.81. The molecule has 2 aromatic heterocycles. The van der Waals surface area contributed by atoms with Gasteiger partial charge in [-0.3, -0.25) is 0 Å². The minimum Gasteiger partial charge on any atom is -0.376 e. The predicted molar refractivity (Wildman–Crippen MR) is 74.1 cm³/mol. The van der Waals surface area contributed by atoms with Gasteiger partial charge in [-0.25, -0.2) is 0 Å². The van der Waals surface area contributed by atoms with Gasteiger partial charge < -0.3 is 15.0 Å². The summed E-state index contributed by atoms with van der Waals surface area (Å²) in [5.74, 6) is 1.06. The van der Waals surface area contributed by atoms with Crippen LogP contribution in [0.15, 0.2) is 21.3 Å². The number of hydrogen-bond donors (Lipinski definition) is 1. The maximum atomic E-state index is 6.17. The average Bonchev–Trinajstić information content (AvgIpc) is 2.98. The van der Waals surface area contributed by atoms with Crippen LogP contribution in [0.25, 0.3) is 0 Å².